The maximum atomic E-state index is 13.2. The Morgan fingerprint density at radius 3 is 2.50 bits per heavy atom. The van der Waals surface area contributed by atoms with E-state index in [4.69, 9.17) is 9.47 Å². The summed E-state index contributed by atoms with van der Waals surface area (Å²) in [6.45, 7) is 5.02. The van der Waals surface area contributed by atoms with Crippen LogP contribution in [0.25, 0.3) is 0 Å². The zero-order chi connectivity index (χ0) is 23.1. The number of ether oxygens (including phenoxy) is 2. The number of benzene rings is 2. The van der Waals surface area contributed by atoms with Crippen LogP contribution in [0.2, 0.25) is 0 Å². The smallest absolute Gasteiger partial charge is 0.332 e. The summed E-state index contributed by atoms with van der Waals surface area (Å²) in [6, 6.07) is 12.9. The number of anilines is 2. The highest BCUT2D eigenvalue weighted by atomic mass is 16.5. The Labute approximate surface area is 188 Å². The van der Waals surface area contributed by atoms with Crippen molar-refractivity contribution in [3.05, 3.63) is 54.1 Å². The topological polar surface area (TPSA) is 88.2 Å². The number of carbonyl (C=O) groups is 3. The minimum Gasteiger partial charge on any atom is -0.494 e. The lowest BCUT2D eigenvalue weighted by Gasteiger charge is -2.21. The first kappa shape index (κ1) is 23.3. The van der Waals surface area contributed by atoms with Gasteiger partial charge in [-0.3, -0.25) is 9.59 Å². The number of rotatable bonds is 10. The molecule has 170 valence electrons. The predicted molar refractivity (Wildman–Crippen MR) is 122 cm³/mol. The summed E-state index contributed by atoms with van der Waals surface area (Å²) in [5, 5.41) is 2.79. The van der Waals surface area contributed by atoms with Gasteiger partial charge in [-0.25, -0.2) is 9.69 Å². The first-order valence-corrected chi connectivity index (χ1v) is 10.7. The molecule has 2 aromatic carbocycles. The van der Waals surface area contributed by atoms with Gasteiger partial charge in [-0.15, -0.1) is 0 Å². The fourth-order valence-electron chi connectivity index (χ4n) is 3.52. The SMILES string of the molecule is CCCOc1ccc(NC(=O)CC2C(=O)N(c3cccc(C)c3)C(=O)N2CCOC)cc1. The molecule has 0 spiro atoms. The fourth-order valence-corrected chi connectivity index (χ4v) is 3.52. The van der Waals surface area contributed by atoms with Crippen molar-refractivity contribution in [3.63, 3.8) is 0 Å². The van der Waals surface area contributed by atoms with Gasteiger partial charge >= 0.3 is 6.03 Å². The molecule has 0 bridgehead atoms. The molecule has 4 amide bonds. The zero-order valence-electron chi connectivity index (χ0n) is 18.7. The summed E-state index contributed by atoms with van der Waals surface area (Å²) in [5.74, 6) is -0.0528. The lowest BCUT2D eigenvalue weighted by Crippen LogP contribution is -2.39. The van der Waals surface area contributed by atoms with Gasteiger partial charge in [0.15, 0.2) is 0 Å². The summed E-state index contributed by atoms with van der Waals surface area (Å²) in [6.07, 6.45) is 0.760. The average Bonchev–Trinajstić information content (AvgIpc) is 3.00. The highest BCUT2D eigenvalue weighted by Crippen LogP contribution is 2.27. The van der Waals surface area contributed by atoms with Gasteiger partial charge in [-0.05, 0) is 55.3 Å². The van der Waals surface area contributed by atoms with Crippen LogP contribution in [0.3, 0.4) is 0 Å². The van der Waals surface area contributed by atoms with Crippen molar-refractivity contribution in [2.24, 2.45) is 0 Å². The molecule has 0 radical (unpaired) electrons. The zero-order valence-corrected chi connectivity index (χ0v) is 18.7. The molecule has 32 heavy (non-hydrogen) atoms. The second kappa shape index (κ2) is 10.8. The number of hydrogen-bond acceptors (Lipinski definition) is 5. The van der Waals surface area contributed by atoms with Crippen molar-refractivity contribution >= 4 is 29.2 Å². The number of amides is 4. The number of carbonyl (C=O) groups excluding carboxylic acids is 3. The predicted octanol–water partition coefficient (Wildman–Crippen LogP) is 3.60. The van der Waals surface area contributed by atoms with Crippen LogP contribution in [0, 0.1) is 6.92 Å². The van der Waals surface area contributed by atoms with E-state index in [2.05, 4.69) is 5.32 Å². The van der Waals surface area contributed by atoms with Gasteiger partial charge in [0.05, 0.1) is 25.3 Å². The van der Waals surface area contributed by atoms with E-state index in [-0.39, 0.29) is 25.5 Å². The summed E-state index contributed by atoms with van der Waals surface area (Å²) >= 11 is 0. The Morgan fingerprint density at radius 1 is 1.09 bits per heavy atom. The van der Waals surface area contributed by atoms with E-state index >= 15 is 0 Å². The maximum absolute atomic E-state index is 13.2. The third kappa shape index (κ3) is 5.45. The number of urea groups is 1. The van der Waals surface area contributed by atoms with Crippen molar-refractivity contribution in [1.82, 2.24) is 4.90 Å². The number of methoxy groups -OCH3 is 1. The van der Waals surface area contributed by atoms with Gasteiger partial charge in [-0.1, -0.05) is 19.1 Å². The lowest BCUT2D eigenvalue weighted by molar-refractivity contribution is -0.124. The van der Waals surface area contributed by atoms with Crippen LogP contribution in [-0.2, 0) is 14.3 Å². The van der Waals surface area contributed by atoms with Crippen LogP contribution in [0.15, 0.2) is 48.5 Å². The molecular formula is C24H29N3O5. The minimum absolute atomic E-state index is 0.148. The van der Waals surface area contributed by atoms with Crippen molar-refractivity contribution in [2.45, 2.75) is 32.7 Å². The molecule has 1 aliphatic rings. The van der Waals surface area contributed by atoms with Crippen LogP contribution < -0.4 is 15.0 Å². The van der Waals surface area contributed by atoms with E-state index in [9.17, 15) is 14.4 Å². The lowest BCUT2D eigenvalue weighted by atomic mass is 10.1. The van der Waals surface area contributed by atoms with E-state index in [0.29, 0.717) is 18.0 Å². The molecule has 1 aliphatic heterocycles. The summed E-state index contributed by atoms with van der Waals surface area (Å²) in [7, 11) is 1.52. The minimum atomic E-state index is -0.898. The standard InChI is InChI=1S/C24H29N3O5/c1-4-13-32-20-10-8-18(9-11-20)25-22(28)16-21-23(29)27(19-7-5-6-17(2)15-19)24(30)26(21)12-14-31-3/h5-11,15,21H,4,12-14,16H2,1-3H3,(H,25,28). The normalized spacial score (nSPS) is 15.9. The first-order chi connectivity index (χ1) is 15.4. The molecule has 2 aromatic rings. The molecule has 1 fully saturated rings. The van der Waals surface area contributed by atoms with Gasteiger partial charge < -0.3 is 19.7 Å². The number of hydrogen-bond donors (Lipinski definition) is 1. The van der Waals surface area contributed by atoms with Gasteiger partial charge in [0.25, 0.3) is 5.91 Å². The summed E-state index contributed by atoms with van der Waals surface area (Å²) in [4.78, 5) is 41.4. The van der Waals surface area contributed by atoms with Gasteiger partial charge in [0, 0.05) is 19.3 Å². The van der Waals surface area contributed by atoms with Crippen molar-refractivity contribution in [3.8, 4) is 5.75 Å². The Kier molecular flexibility index (Phi) is 7.83. The van der Waals surface area contributed by atoms with E-state index in [0.717, 1.165) is 22.6 Å². The quantitative estimate of drug-likeness (QED) is 0.572. The molecular weight excluding hydrogens is 410 g/mol. The number of imide groups is 1. The molecule has 1 saturated heterocycles. The average molecular weight is 440 g/mol. The van der Waals surface area contributed by atoms with Crippen molar-refractivity contribution in [1.29, 1.82) is 0 Å². The van der Waals surface area contributed by atoms with Crippen LogP contribution >= 0.6 is 0 Å². The van der Waals surface area contributed by atoms with Gasteiger partial charge in [-0.2, -0.15) is 0 Å². The summed E-state index contributed by atoms with van der Waals surface area (Å²) < 4.78 is 10.6. The third-order valence-corrected chi connectivity index (χ3v) is 5.10. The molecule has 0 aromatic heterocycles. The molecule has 1 atom stereocenters. The second-order valence-electron chi connectivity index (χ2n) is 7.62. The number of nitrogens with zero attached hydrogens (tertiary/aromatic N) is 2. The van der Waals surface area contributed by atoms with Crippen LogP contribution in [0.5, 0.6) is 5.75 Å². The first-order valence-electron chi connectivity index (χ1n) is 10.7. The molecule has 1 unspecified atom stereocenters. The molecule has 0 saturated carbocycles. The van der Waals surface area contributed by atoms with Crippen molar-refractivity contribution < 1.29 is 23.9 Å². The molecule has 0 aliphatic carbocycles. The maximum Gasteiger partial charge on any atom is 0.332 e. The Hall–Kier alpha value is -3.39. The van der Waals surface area contributed by atoms with Gasteiger partial charge in [0.1, 0.15) is 11.8 Å². The second-order valence-corrected chi connectivity index (χ2v) is 7.62. The molecule has 1 heterocycles. The van der Waals surface area contributed by atoms with Crippen LogP contribution in [-0.4, -0.2) is 55.7 Å². The van der Waals surface area contributed by atoms with Crippen LogP contribution in [0.4, 0.5) is 16.2 Å². The molecule has 8 heteroatoms. The molecule has 3 rings (SSSR count). The van der Waals surface area contributed by atoms with E-state index in [1.54, 1.807) is 42.5 Å². The number of nitrogens with one attached hydrogen (secondary N) is 1. The monoisotopic (exact) mass is 439 g/mol. The van der Waals surface area contributed by atoms with E-state index in [1.165, 1.54) is 12.0 Å². The Morgan fingerprint density at radius 2 is 1.84 bits per heavy atom. The van der Waals surface area contributed by atoms with Gasteiger partial charge in [0.2, 0.25) is 5.91 Å². The third-order valence-electron chi connectivity index (χ3n) is 5.10. The van der Waals surface area contributed by atoms with E-state index in [1.807, 2.05) is 19.9 Å². The Bertz CT molecular complexity index is 960. The highest BCUT2D eigenvalue weighted by Gasteiger charge is 2.46. The summed E-state index contributed by atoms with van der Waals surface area (Å²) in [5.41, 5.74) is 2.02. The largest absolute Gasteiger partial charge is 0.494 e. The van der Waals surface area contributed by atoms with E-state index < -0.39 is 18.0 Å². The Balaban J connectivity index is 1.72. The molecule has 1 N–H and O–H groups in total. The molecule has 8 nitrogen and oxygen atoms in total. The highest BCUT2D eigenvalue weighted by molar-refractivity contribution is 6.22. The van der Waals surface area contributed by atoms with Crippen LogP contribution in [0.1, 0.15) is 25.3 Å². The van der Waals surface area contributed by atoms with Crippen molar-refractivity contribution in [2.75, 3.05) is 37.1 Å². The number of aryl methyl sites for hydroxylation is 1. The fraction of sp³-hybridized carbons (Fsp3) is 0.375.